The quantitative estimate of drug-likeness (QED) is 0.697. The molecule has 1 aromatic carbocycles. The van der Waals surface area contributed by atoms with E-state index in [1.807, 2.05) is 11.0 Å². The molecule has 1 N–H and O–H groups in total. The van der Waals surface area contributed by atoms with Gasteiger partial charge in [-0.25, -0.2) is 0 Å². The first-order valence-corrected chi connectivity index (χ1v) is 10.3. The van der Waals surface area contributed by atoms with Crippen molar-refractivity contribution in [2.24, 2.45) is 10.9 Å². The smallest absolute Gasteiger partial charge is 0.416 e. The van der Waals surface area contributed by atoms with Crippen molar-refractivity contribution >= 4 is 22.8 Å². The Morgan fingerprint density at radius 2 is 2.13 bits per heavy atom. The van der Waals surface area contributed by atoms with Crippen molar-refractivity contribution < 1.29 is 22.7 Å². The summed E-state index contributed by atoms with van der Waals surface area (Å²) in [5.74, 6) is 3.37. The molecule has 0 bridgehead atoms. The second-order valence-corrected chi connectivity index (χ2v) is 8.04. The third kappa shape index (κ3) is 5.58. The number of nitrogens with one attached hydrogen (secondary N) is 1. The highest BCUT2D eigenvalue weighted by Gasteiger charge is 2.34. The van der Waals surface area contributed by atoms with E-state index in [1.165, 1.54) is 13.2 Å². The lowest BCUT2D eigenvalue weighted by Crippen LogP contribution is -2.33. The highest BCUT2D eigenvalue weighted by atomic mass is 32.2. The molecule has 5 nitrogen and oxygen atoms in total. The fraction of sp³-hybridized carbons (Fsp3) is 0.429. The summed E-state index contributed by atoms with van der Waals surface area (Å²) in [6.07, 6.45) is 4.41. The van der Waals surface area contributed by atoms with Gasteiger partial charge in [0.05, 0.1) is 24.1 Å². The third-order valence-corrected chi connectivity index (χ3v) is 5.84. The number of methoxy groups -OCH3 is 1. The number of aliphatic imine (C=N–C) groups is 1. The van der Waals surface area contributed by atoms with Crippen molar-refractivity contribution in [1.29, 1.82) is 0 Å². The Labute approximate surface area is 177 Å². The molecule has 0 spiro atoms. The van der Waals surface area contributed by atoms with Crippen molar-refractivity contribution in [3.63, 3.8) is 0 Å². The zero-order valence-electron chi connectivity index (χ0n) is 16.5. The van der Waals surface area contributed by atoms with Gasteiger partial charge in [0.25, 0.3) is 0 Å². The molecular formula is C21H22F3N3O2S. The molecule has 2 aliphatic heterocycles. The van der Waals surface area contributed by atoms with Gasteiger partial charge in [0.1, 0.15) is 11.6 Å². The molecule has 2 heterocycles. The van der Waals surface area contributed by atoms with Crippen LogP contribution in [0.3, 0.4) is 0 Å². The van der Waals surface area contributed by atoms with Crippen LogP contribution in [-0.4, -0.2) is 42.7 Å². The lowest BCUT2D eigenvalue weighted by Gasteiger charge is -2.31. The minimum absolute atomic E-state index is 0.191. The van der Waals surface area contributed by atoms with E-state index in [2.05, 4.69) is 16.2 Å². The number of halogens is 3. The minimum atomic E-state index is -4.43. The number of likely N-dealkylation sites (tertiary alicyclic amines) is 1. The van der Waals surface area contributed by atoms with Gasteiger partial charge in [0.15, 0.2) is 0 Å². The van der Waals surface area contributed by atoms with Crippen LogP contribution in [-0.2, 0) is 12.7 Å². The highest BCUT2D eigenvalue weighted by molar-refractivity contribution is 8.18. The number of rotatable bonds is 5. The number of benzene rings is 1. The Bertz CT molecular complexity index is 898. The van der Waals surface area contributed by atoms with Crippen LogP contribution >= 0.6 is 11.8 Å². The van der Waals surface area contributed by atoms with Crippen LogP contribution in [0.1, 0.15) is 24.0 Å². The second kappa shape index (κ2) is 9.58. The zero-order chi connectivity index (χ0) is 21.7. The molecule has 1 saturated heterocycles. The standard InChI is InChI=1S/C21H22F3N3O2S/c1-3-8-25-19-18(30-20(28)26-19)11-14-6-9-27(10-7-14)13-15-4-5-16(29-2)12-17(15)21(22,23)24/h1,4-5,11-12,14H,6-10,13H2,2H3,(H,25,26,28)/b18-11-. The fourth-order valence-corrected chi connectivity index (χ4v) is 4.30. The van der Waals surface area contributed by atoms with Crippen LogP contribution in [0, 0.1) is 18.3 Å². The summed E-state index contributed by atoms with van der Waals surface area (Å²) in [5.41, 5.74) is -0.419. The first-order chi connectivity index (χ1) is 14.3. The summed E-state index contributed by atoms with van der Waals surface area (Å²) in [6, 6.07) is 4.08. The van der Waals surface area contributed by atoms with Crippen LogP contribution in [0.4, 0.5) is 18.0 Å². The maximum Gasteiger partial charge on any atom is 0.416 e. The van der Waals surface area contributed by atoms with Crippen molar-refractivity contribution in [2.75, 3.05) is 26.7 Å². The van der Waals surface area contributed by atoms with E-state index in [0.29, 0.717) is 18.9 Å². The molecule has 0 radical (unpaired) electrons. The number of ether oxygens (including phenoxy) is 1. The van der Waals surface area contributed by atoms with Crippen LogP contribution in [0.15, 0.2) is 34.2 Å². The molecule has 0 unspecified atom stereocenters. The SMILES string of the molecule is C#CCNC1=NC(=O)S/C1=C\C1CCN(Cc2ccc(OC)cc2C(F)(F)F)CC1. The molecule has 3 rings (SSSR count). The predicted molar refractivity (Wildman–Crippen MR) is 111 cm³/mol. The number of piperidine rings is 1. The van der Waals surface area contributed by atoms with Crippen LogP contribution in [0.2, 0.25) is 0 Å². The lowest BCUT2D eigenvalue weighted by molar-refractivity contribution is -0.138. The first kappa shape index (κ1) is 22.2. The molecule has 0 aliphatic carbocycles. The Hall–Kier alpha value is -2.44. The number of hydrogen-bond acceptors (Lipinski definition) is 5. The average molecular weight is 437 g/mol. The minimum Gasteiger partial charge on any atom is -0.497 e. The number of thioether (sulfide) groups is 1. The van der Waals surface area contributed by atoms with Crippen molar-refractivity contribution in [1.82, 2.24) is 10.2 Å². The van der Waals surface area contributed by atoms with Gasteiger partial charge in [-0.1, -0.05) is 18.1 Å². The topological polar surface area (TPSA) is 53.9 Å². The first-order valence-electron chi connectivity index (χ1n) is 9.46. The van der Waals surface area contributed by atoms with E-state index < -0.39 is 11.7 Å². The number of terminal acetylenes is 1. The molecular weight excluding hydrogens is 415 g/mol. The number of carbonyl (C=O) groups is 1. The summed E-state index contributed by atoms with van der Waals surface area (Å²) in [7, 11) is 1.35. The Balaban J connectivity index is 1.62. The molecule has 0 aromatic heterocycles. The molecule has 9 heteroatoms. The van der Waals surface area contributed by atoms with Gasteiger partial charge in [0.2, 0.25) is 0 Å². The molecule has 1 aromatic rings. The number of amidine groups is 1. The fourth-order valence-electron chi connectivity index (χ4n) is 3.50. The van der Waals surface area contributed by atoms with E-state index in [0.717, 1.165) is 35.6 Å². The van der Waals surface area contributed by atoms with Crippen molar-refractivity contribution in [3.8, 4) is 18.1 Å². The van der Waals surface area contributed by atoms with E-state index in [4.69, 9.17) is 11.2 Å². The largest absolute Gasteiger partial charge is 0.497 e. The third-order valence-electron chi connectivity index (χ3n) is 5.03. The van der Waals surface area contributed by atoms with E-state index in [1.54, 1.807) is 6.07 Å². The normalized spacial score (nSPS) is 19.6. The molecule has 2 aliphatic rings. The van der Waals surface area contributed by atoms with Gasteiger partial charge in [-0.15, -0.1) is 6.42 Å². The number of amides is 1. The van der Waals surface area contributed by atoms with Crippen molar-refractivity contribution in [3.05, 3.63) is 40.3 Å². The summed E-state index contributed by atoms with van der Waals surface area (Å²) in [6.45, 7) is 1.85. The van der Waals surface area contributed by atoms with Crippen LogP contribution in [0.5, 0.6) is 5.75 Å². The summed E-state index contributed by atoms with van der Waals surface area (Å²) >= 11 is 1.07. The Morgan fingerprint density at radius 1 is 1.40 bits per heavy atom. The van der Waals surface area contributed by atoms with Gasteiger partial charge in [-0.3, -0.25) is 9.69 Å². The summed E-state index contributed by atoms with van der Waals surface area (Å²) in [4.78, 5) is 18.3. The molecule has 1 fully saturated rings. The van der Waals surface area contributed by atoms with Crippen LogP contribution < -0.4 is 10.1 Å². The molecule has 160 valence electrons. The summed E-state index contributed by atoms with van der Waals surface area (Å²) < 4.78 is 45.2. The van der Waals surface area contributed by atoms with Gasteiger partial charge in [-0.2, -0.15) is 18.2 Å². The van der Waals surface area contributed by atoms with Gasteiger partial charge in [-0.05, 0) is 61.3 Å². The predicted octanol–water partition coefficient (Wildman–Crippen LogP) is 4.30. The van der Waals surface area contributed by atoms with E-state index >= 15 is 0 Å². The number of nitrogens with zero attached hydrogens (tertiary/aromatic N) is 2. The number of alkyl halides is 3. The molecule has 30 heavy (non-hydrogen) atoms. The van der Waals surface area contributed by atoms with Gasteiger partial charge in [0, 0.05) is 6.54 Å². The molecule has 0 atom stereocenters. The monoisotopic (exact) mass is 437 g/mol. The highest BCUT2D eigenvalue weighted by Crippen LogP contribution is 2.36. The number of carbonyl (C=O) groups excluding carboxylic acids is 1. The Kier molecular flexibility index (Phi) is 7.10. The second-order valence-electron chi connectivity index (χ2n) is 7.05. The van der Waals surface area contributed by atoms with Crippen molar-refractivity contribution in [2.45, 2.75) is 25.6 Å². The zero-order valence-corrected chi connectivity index (χ0v) is 17.3. The van der Waals surface area contributed by atoms with E-state index in [9.17, 15) is 18.0 Å². The maximum atomic E-state index is 13.4. The van der Waals surface area contributed by atoms with Gasteiger partial charge < -0.3 is 10.1 Å². The van der Waals surface area contributed by atoms with E-state index in [-0.39, 0.29) is 35.6 Å². The number of hydrogen-bond donors (Lipinski definition) is 1. The Morgan fingerprint density at radius 3 is 2.77 bits per heavy atom. The maximum absolute atomic E-state index is 13.4. The molecule has 1 amide bonds. The van der Waals surface area contributed by atoms with Gasteiger partial charge >= 0.3 is 11.4 Å². The van der Waals surface area contributed by atoms with Crippen LogP contribution in [0.25, 0.3) is 0 Å². The average Bonchev–Trinajstić information content (AvgIpc) is 3.06. The lowest BCUT2D eigenvalue weighted by atomic mass is 9.95. The summed E-state index contributed by atoms with van der Waals surface area (Å²) in [5, 5.41) is 2.67. The molecule has 0 saturated carbocycles. The number of allylic oxidation sites excluding steroid dienone is 1.